The quantitative estimate of drug-likeness (QED) is 0.898. The van der Waals surface area contributed by atoms with Crippen molar-refractivity contribution >= 4 is 5.82 Å². The molecule has 106 valence electrons. The zero-order chi connectivity index (χ0) is 13.9. The van der Waals surface area contributed by atoms with Crippen LogP contribution in [0, 0.1) is 0 Å². The fourth-order valence-electron chi connectivity index (χ4n) is 2.70. The monoisotopic (exact) mass is 272 g/mol. The topological polar surface area (TPSA) is 67.2 Å². The fraction of sp³-hybridized carbons (Fsp3) is 0.400. The van der Waals surface area contributed by atoms with Gasteiger partial charge in [0.1, 0.15) is 17.7 Å². The number of nitrogens with two attached hydrogens (primary N) is 1. The number of nitrogens with zero attached hydrogens (tertiary/aromatic N) is 2. The minimum Gasteiger partial charge on any atom is -0.488 e. The Kier molecular flexibility index (Phi) is 3.60. The number of nitrogen functional groups attached to an aromatic ring is 1. The second-order valence-electron chi connectivity index (χ2n) is 5.34. The van der Waals surface area contributed by atoms with Crippen molar-refractivity contribution < 1.29 is 4.74 Å². The van der Waals surface area contributed by atoms with Crippen molar-refractivity contribution in [3.63, 3.8) is 0 Å². The standard InChI is InChI=1S/C15H20N4O/c1-19-8-4-5-11(10-19)20-14-7-3-2-6-12(14)13-9-17-18-15(13)16/h2-3,6-7,9,11H,4-5,8,10H2,1H3,(H3,16,17,18). The van der Waals surface area contributed by atoms with E-state index < -0.39 is 0 Å². The van der Waals surface area contributed by atoms with Gasteiger partial charge in [-0.25, -0.2) is 0 Å². The number of benzene rings is 1. The summed E-state index contributed by atoms with van der Waals surface area (Å²) in [5.41, 5.74) is 7.80. The van der Waals surface area contributed by atoms with E-state index in [9.17, 15) is 0 Å². The molecule has 0 radical (unpaired) electrons. The van der Waals surface area contributed by atoms with Crippen LogP contribution >= 0.6 is 0 Å². The van der Waals surface area contributed by atoms with Gasteiger partial charge in [0.2, 0.25) is 0 Å². The van der Waals surface area contributed by atoms with Crippen LogP contribution in [-0.2, 0) is 0 Å². The molecule has 0 aliphatic carbocycles. The zero-order valence-electron chi connectivity index (χ0n) is 11.7. The zero-order valence-corrected chi connectivity index (χ0v) is 11.7. The molecule has 1 atom stereocenters. The van der Waals surface area contributed by atoms with E-state index >= 15 is 0 Å². The van der Waals surface area contributed by atoms with Crippen LogP contribution in [-0.4, -0.2) is 41.3 Å². The maximum atomic E-state index is 6.20. The van der Waals surface area contributed by atoms with Crippen LogP contribution in [0.4, 0.5) is 5.82 Å². The van der Waals surface area contributed by atoms with Crippen LogP contribution in [0.25, 0.3) is 11.1 Å². The Morgan fingerprint density at radius 3 is 2.95 bits per heavy atom. The highest BCUT2D eigenvalue weighted by Crippen LogP contribution is 2.33. The maximum Gasteiger partial charge on any atom is 0.127 e. The molecule has 1 aliphatic heterocycles. The summed E-state index contributed by atoms with van der Waals surface area (Å²) >= 11 is 0. The molecular formula is C15H20N4O. The molecule has 3 rings (SSSR count). The normalized spacial score (nSPS) is 19.9. The van der Waals surface area contributed by atoms with E-state index in [2.05, 4.69) is 22.1 Å². The van der Waals surface area contributed by atoms with Crippen LogP contribution in [0.15, 0.2) is 30.5 Å². The van der Waals surface area contributed by atoms with E-state index in [1.54, 1.807) is 6.20 Å². The molecule has 3 N–H and O–H groups in total. The minimum absolute atomic E-state index is 0.239. The van der Waals surface area contributed by atoms with Gasteiger partial charge in [-0.1, -0.05) is 18.2 Å². The Labute approximate surface area is 118 Å². The smallest absolute Gasteiger partial charge is 0.127 e. The predicted molar refractivity (Wildman–Crippen MR) is 79.6 cm³/mol. The van der Waals surface area contributed by atoms with E-state index in [0.29, 0.717) is 5.82 Å². The number of rotatable bonds is 3. The van der Waals surface area contributed by atoms with E-state index in [1.807, 2.05) is 24.3 Å². The summed E-state index contributed by atoms with van der Waals surface area (Å²) in [6.07, 6.45) is 4.25. The molecule has 0 saturated carbocycles. The van der Waals surface area contributed by atoms with Crippen LogP contribution in [0.2, 0.25) is 0 Å². The van der Waals surface area contributed by atoms with Gasteiger partial charge in [0.25, 0.3) is 0 Å². The van der Waals surface area contributed by atoms with Crippen molar-refractivity contribution in [2.45, 2.75) is 18.9 Å². The molecule has 1 unspecified atom stereocenters. The van der Waals surface area contributed by atoms with Gasteiger partial charge in [-0.2, -0.15) is 5.10 Å². The van der Waals surface area contributed by atoms with Gasteiger partial charge in [-0.05, 0) is 32.5 Å². The summed E-state index contributed by atoms with van der Waals surface area (Å²) in [5.74, 6) is 1.45. The van der Waals surface area contributed by atoms with E-state index in [0.717, 1.165) is 36.4 Å². The fourth-order valence-corrected chi connectivity index (χ4v) is 2.70. The Hall–Kier alpha value is -2.01. The van der Waals surface area contributed by atoms with Gasteiger partial charge in [0.15, 0.2) is 0 Å². The number of hydrogen-bond donors (Lipinski definition) is 2. The van der Waals surface area contributed by atoms with Gasteiger partial charge in [-0.3, -0.25) is 5.10 Å². The largest absolute Gasteiger partial charge is 0.488 e. The summed E-state index contributed by atoms with van der Waals surface area (Å²) in [5, 5.41) is 6.75. The van der Waals surface area contributed by atoms with E-state index in [1.165, 1.54) is 6.42 Å². The molecule has 20 heavy (non-hydrogen) atoms. The lowest BCUT2D eigenvalue weighted by atomic mass is 10.1. The lowest BCUT2D eigenvalue weighted by molar-refractivity contribution is 0.105. The third kappa shape index (κ3) is 2.63. The average molecular weight is 272 g/mol. The number of aromatic nitrogens is 2. The van der Waals surface area contributed by atoms with Gasteiger partial charge in [0, 0.05) is 17.7 Å². The number of H-pyrrole nitrogens is 1. The molecule has 0 bridgehead atoms. The first-order valence-corrected chi connectivity index (χ1v) is 6.97. The molecule has 2 aromatic rings. The highest BCUT2D eigenvalue weighted by atomic mass is 16.5. The molecule has 1 saturated heterocycles. The highest BCUT2D eigenvalue weighted by molar-refractivity contribution is 5.77. The number of ether oxygens (including phenoxy) is 1. The number of aromatic amines is 1. The lowest BCUT2D eigenvalue weighted by Gasteiger charge is -2.30. The van der Waals surface area contributed by atoms with Gasteiger partial charge in [-0.15, -0.1) is 0 Å². The first kappa shape index (κ1) is 13.0. The Bertz CT molecular complexity index is 581. The van der Waals surface area contributed by atoms with Crippen molar-refractivity contribution in [2.24, 2.45) is 0 Å². The van der Waals surface area contributed by atoms with Crippen LogP contribution in [0.5, 0.6) is 5.75 Å². The van der Waals surface area contributed by atoms with E-state index in [4.69, 9.17) is 10.5 Å². The third-order valence-corrected chi connectivity index (χ3v) is 3.72. The second kappa shape index (κ2) is 5.54. The molecule has 5 heteroatoms. The van der Waals surface area contributed by atoms with Crippen LogP contribution < -0.4 is 10.5 Å². The maximum absolute atomic E-state index is 6.20. The van der Waals surface area contributed by atoms with Crippen molar-refractivity contribution in [2.75, 3.05) is 25.9 Å². The highest BCUT2D eigenvalue weighted by Gasteiger charge is 2.20. The van der Waals surface area contributed by atoms with Gasteiger partial charge in [0.05, 0.1) is 6.20 Å². The molecule has 0 amide bonds. The summed E-state index contributed by atoms with van der Waals surface area (Å²) in [6, 6.07) is 7.99. The first-order valence-electron chi connectivity index (χ1n) is 6.97. The first-order chi connectivity index (χ1) is 9.74. The molecule has 2 heterocycles. The van der Waals surface area contributed by atoms with Crippen molar-refractivity contribution in [3.8, 4) is 16.9 Å². The number of para-hydroxylation sites is 1. The van der Waals surface area contributed by atoms with Crippen molar-refractivity contribution in [1.82, 2.24) is 15.1 Å². The molecule has 0 spiro atoms. The summed E-state index contributed by atoms with van der Waals surface area (Å²) in [4.78, 5) is 2.31. The van der Waals surface area contributed by atoms with Crippen LogP contribution in [0.3, 0.4) is 0 Å². The summed E-state index contributed by atoms with van der Waals surface area (Å²) in [6.45, 7) is 2.12. The number of piperidine rings is 1. The third-order valence-electron chi connectivity index (χ3n) is 3.72. The number of likely N-dealkylation sites (N-methyl/N-ethyl adjacent to an activating group) is 1. The second-order valence-corrected chi connectivity index (χ2v) is 5.34. The van der Waals surface area contributed by atoms with Crippen molar-refractivity contribution in [3.05, 3.63) is 30.5 Å². The molecule has 1 aromatic heterocycles. The van der Waals surface area contributed by atoms with Gasteiger partial charge < -0.3 is 15.4 Å². The Balaban J connectivity index is 1.85. The lowest BCUT2D eigenvalue weighted by Crippen LogP contribution is -2.38. The number of likely N-dealkylation sites (tertiary alicyclic amines) is 1. The molecule has 1 aromatic carbocycles. The van der Waals surface area contributed by atoms with Crippen molar-refractivity contribution in [1.29, 1.82) is 0 Å². The SMILES string of the molecule is CN1CCCC(Oc2ccccc2-c2cn[nH]c2N)C1. The number of hydrogen-bond acceptors (Lipinski definition) is 4. The molecule has 1 fully saturated rings. The van der Waals surface area contributed by atoms with Crippen LogP contribution in [0.1, 0.15) is 12.8 Å². The number of nitrogens with one attached hydrogen (secondary N) is 1. The minimum atomic E-state index is 0.239. The summed E-state index contributed by atoms with van der Waals surface area (Å²) in [7, 11) is 2.13. The number of anilines is 1. The Morgan fingerprint density at radius 1 is 1.35 bits per heavy atom. The Morgan fingerprint density at radius 2 is 2.20 bits per heavy atom. The average Bonchev–Trinajstić information content (AvgIpc) is 2.86. The summed E-state index contributed by atoms with van der Waals surface area (Å²) < 4.78 is 6.20. The molecule has 5 nitrogen and oxygen atoms in total. The molecule has 1 aliphatic rings. The predicted octanol–water partition coefficient (Wildman–Crippen LogP) is 2.13. The molecular weight excluding hydrogens is 252 g/mol. The van der Waals surface area contributed by atoms with E-state index in [-0.39, 0.29) is 6.10 Å². The van der Waals surface area contributed by atoms with Gasteiger partial charge >= 0.3 is 0 Å².